The minimum atomic E-state index is -0.768. The predicted molar refractivity (Wildman–Crippen MR) is 169 cm³/mol. The van der Waals surface area contributed by atoms with Crippen LogP contribution >= 0.6 is 0 Å². The molecule has 188 valence electrons. The number of rotatable bonds is 4. The number of benzene rings is 7. The first-order valence-electron chi connectivity index (χ1n) is 20.9. The summed E-state index contributed by atoms with van der Waals surface area (Å²) in [5, 5.41) is -0.0903. The summed E-state index contributed by atoms with van der Waals surface area (Å²) in [5.41, 5.74) is -0.104. The zero-order valence-corrected chi connectivity index (χ0v) is 20.7. The van der Waals surface area contributed by atoms with E-state index in [2.05, 4.69) is 0 Å². The highest BCUT2D eigenvalue weighted by Gasteiger charge is 2.16. The summed E-state index contributed by atoms with van der Waals surface area (Å²) in [5.74, 6) is 0. The molecule has 40 heavy (non-hydrogen) atoms. The third-order valence-corrected chi connectivity index (χ3v) is 6.92. The number of furan rings is 1. The summed E-state index contributed by atoms with van der Waals surface area (Å²) in [4.78, 5) is 0. The van der Waals surface area contributed by atoms with Crippen molar-refractivity contribution in [2.45, 2.75) is 6.42 Å². The van der Waals surface area contributed by atoms with Crippen LogP contribution in [0.25, 0.3) is 65.7 Å². The molecular formula is C39H26O. The maximum atomic E-state index is 9.37. The third-order valence-electron chi connectivity index (χ3n) is 6.92. The van der Waals surface area contributed by atoms with Crippen molar-refractivity contribution < 1.29 is 27.7 Å². The lowest BCUT2D eigenvalue weighted by molar-refractivity contribution is 0.669. The Labute approximate surface area is 256 Å². The van der Waals surface area contributed by atoms with Crippen molar-refractivity contribution in [1.82, 2.24) is 0 Å². The van der Waals surface area contributed by atoms with E-state index in [0.717, 1.165) is 5.39 Å². The SMILES string of the molecule is [2H]c1c([2H])c([2H])c(Cc2c3c([2H])c([2H])c([2H])c([2H])c3c(-c3c([2H])c([2H])c(-c4ccc5oc6ccccc6c5c4)c([2H])c3[2H])c3c([2H])c([2H])c([2H])c([2H])c23)c([2H])c1[2H]. The first kappa shape index (κ1) is 11.5. The molecule has 1 heterocycles. The first-order chi connectivity index (χ1) is 26.9. The fraction of sp³-hybridized carbons (Fsp3) is 0.0256. The van der Waals surface area contributed by atoms with Crippen molar-refractivity contribution in [1.29, 1.82) is 0 Å². The van der Waals surface area contributed by atoms with E-state index in [9.17, 15) is 5.48 Å². The van der Waals surface area contributed by atoms with Crippen molar-refractivity contribution in [2.75, 3.05) is 0 Å². The van der Waals surface area contributed by atoms with Crippen LogP contribution < -0.4 is 0 Å². The fourth-order valence-corrected chi connectivity index (χ4v) is 5.13. The van der Waals surface area contributed by atoms with Gasteiger partial charge in [0.25, 0.3) is 0 Å². The average molecular weight is 528 g/mol. The molecule has 0 spiro atoms. The molecule has 0 aliphatic carbocycles. The number of hydrogen-bond acceptors (Lipinski definition) is 1. The lowest BCUT2D eigenvalue weighted by Gasteiger charge is -2.18. The van der Waals surface area contributed by atoms with Gasteiger partial charge in [-0.3, -0.25) is 0 Å². The molecule has 0 radical (unpaired) electrons. The number of para-hydroxylation sites is 1. The smallest absolute Gasteiger partial charge is 0.135 e. The molecule has 0 N–H and O–H groups in total. The molecule has 0 aliphatic heterocycles. The van der Waals surface area contributed by atoms with Crippen molar-refractivity contribution in [3.05, 3.63) is 156 Å². The second-order valence-electron chi connectivity index (χ2n) is 9.19. The zero-order valence-electron chi connectivity index (χ0n) is 37.7. The Hall–Kier alpha value is -5.14. The monoisotopic (exact) mass is 527 g/mol. The summed E-state index contributed by atoms with van der Waals surface area (Å²) >= 11 is 0. The molecule has 8 rings (SSSR count). The highest BCUT2D eigenvalue weighted by atomic mass is 16.3. The molecular weight excluding hydrogens is 484 g/mol. The van der Waals surface area contributed by atoms with Gasteiger partial charge in [0.15, 0.2) is 0 Å². The number of hydrogen-bond donors (Lipinski definition) is 0. The fourth-order valence-electron chi connectivity index (χ4n) is 5.13. The number of fused-ring (bicyclic) bond motifs is 5. The minimum Gasteiger partial charge on any atom is -0.456 e. The standard InChI is InChI=1S/C39H26O/c1-2-10-26(11-3-1)24-35-30-12-4-6-15-33(30)39(34-16-7-5-13-31(34)35)28-20-18-27(19-21-28)29-22-23-38-36(25-29)32-14-8-9-17-37(32)40-38/h1-23,25H,24H2/i1D,2D,3D,4D,5D,6D,7D,10D,11D,12D,13D,15D,16D,18D,19D,20D,21D. The average Bonchev–Trinajstić information content (AvgIpc) is 3.57. The Kier molecular flexibility index (Phi) is 2.67. The van der Waals surface area contributed by atoms with Gasteiger partial charge < -0.3 is 4.42 Å². The Morgan fingerprint density at radius 3 is 1.80 bits per heavy atom. The molecule has 8 aromatic rings. The summed E-state index contributed by atoms with van der Waals surface area (Å²) in [6.07, 6.45) is -0.647. The van der Waals surface area contributed by atoms with Crippen LogP contribution in [-0.2, 0) is 6.42 Å². The van der Waals surface area contributed by atoms with Gasteiger partial charge in [-0.1, -0.05) is 127 Å². The molecule has 0 aliphatic rings. The van der Waals surface area contributed by atoms with Crippen LogP contribution in [0, 0.1) is 0 Å². The second-order valence-corrected chi connectivity index (χ2v) is 9.19. The van der Waals surface area contributed by atoms with Gasteiger partial charge in [0.05, 0.1) is 23.3 Å². The molecule has 0 saturated heterocycles. The van der Waals surface area contributed by atoms with E-state index in [1.54, 1.807) is 24.3 Å². The quantitative estimate of drug-likeness (QED) is 0.207. The summed E-state index contributed by atoms with van der Waals surface area (Å²) in [6, 6.07) is 0.532. The van der Waals surface area contributed by atoms with Crippen LogP contribution in [-0.4, -0.2) is 0 Å². The molecule has 0 unspecified atom stereocenters. The molecule has 0 amide bonds. The van der Waals surface area contributed by atoms with Crippen LogP contribution in [0.15, 0.2) is 150 Å². The van der Waals surface area contributed by atoms with E-state index >= 15 is 0 Å². The van der Waals surface area contributed by atoms with Crippen LogP contribution in [0.5, 0.6) is 0 Å². The van der Waals surface area contributed by atoms with Crippen LogP contribution in [0.1, 0.15) is 34.4 Å². The van der Waals surface area contributed by atoms with E-state index in [1.165, 1.54) is 0 Å². The molecule has 0 fully saturated rings. The molecule has 1 aromatic heterocycles. The molecule has 1 nitrogen and oxygen atoms in total. The molecule has 7 aromatic carbocycles. The van der Waals surface area contributed by atoms with E-state index in [-0.39, 0.29) is 27.5 Å². The van der Waals surface area contributed by atoms with Crippen LogP contribution in [0.4, 0.5) is 0 Å². The predicted octanol–water partition coefficient (Wildman–Crippen LogP) is 10.8. The largest absolute Gasteiger partial charge is 0.456 e. The third kappa shape index (κ3) is 3.71. The Balaban J connectivity index is 1.55. The Morgan fingerprint density at radius 2 is 1.07 bits per heavy atom. The Morgan fingerprint density at radius 1 is 0.475 bits per heavy atom. The summed E-state index contributed by atoms with van der Waals surface area (Å²) < 4.78 is 156. The van der Waals surface area contributed by atoms with Crippen LogP contribution in [0.3, 0.4) is 0 Å². The molecule has 0 bridgehead atoms. The van der Waals surface area contributed by atoms with E-state index in [1.807, 2.05) is 18.2 Å². The van der Waals surface area contributed by atoms with Gasteiger partial charge >= 0.3 is 0 Å². The summed E-state index contributed by atoms with van der Waals surface area (Å²) in [6.45, 7) is 0. The van der Waals surface area contributed by atoms with E-state index in [0.29, 0.717) is 22.1 Å². The molecule has 0 atom stereocenters. The second kappa shape index (κ2) is 9.25. The minimum absolute atomic E-state index is 0.101. The van der Waals surface area contributed by atoms with Crippen molar-refractivity contribution in [2.24, 2.45) is 0 Å². The molecule has 1 heteroatoms. The van der Waals surface area contributed by atoms with E-state index in [4.69, 9.17) is 22.2 Å². The van der Waals surface area contributed by atoms with Gasteiger partial charge in [-0.15, -0.1) is 0 Å². The first-order valence-corrected chi connectivity index (χ1v) is 12.4. The normalized spacial score (nSPS) is 17.6. The van der Waals surface area contributed by atoms with Gasteiger partial charge in [-0.05, 0) is 79.5 Å². The van der Waals surface area contributed by atoms with Crippen molar-refractivity contribution in [3.8, 4) is 22.3 Å². The maximum Gasteiger partial charge on any atom is 0.135 e. The summed E-state index contributed by atoms with van der Waals surface area (Å²) in [7, 11) is 0. The van der Waals surface area contributed by atoms with Crippen molar-refractivity contribution in [3.63, 3.8) is 0 Å². The zero-order chi connectivity index (χ0) is 41.3. The van der Waals surface area contributed by atoms with Crippen molar-refractivity contribution >= 4 is 43.5 Å². The van der Waals surface area contributed by atoms with Gasteiger partial charge in [0.1, 0.15) is 11.2 Å². The van der Waals surface area contributed by atoms with Gasteiger partial charge in [0, 0.05) is 10.8 Å². The Bertz CT molecular complexity index is 2990. The highest BCUT2D eigenvalue weighted by molar-refractivity contribution is 6.15. The van der Waals surface area contributed by atoms with E-state index < -0.39 is 131 Å². The lowest BCUT2D eigenvalue weighted by atomic mass is 9.86. The van der Waals surface area contributed by atoms with Gasteiger partial charge in [-0.25, -0.2) is 0 Å². The molecule has 0 saturated carbocycles. The van der Waals surface area contributed by atoms with Gasteiger partial charge in [-0.2, -0.15) is 0 Å². The topological polar surface area (TPSA) is 13.1 Å². The van der Waals surface area contributed by atoms with Gasteiger partial charge in [0.2, 0.25) is 0 Å². The maximum absolute atomic E-state index is 9.37. The lowest BCUT2D eigenvalue weighted by Crippen LogP contribution is -1.95. The highest BCUT2D eigenvalue weighted by Crippen LogP contribution is 2.41. The van der Waals surface area contributed by atoms with Crippen LogP contribution in [0.2, 0.25) is 0 Å².